The fraction of sp³-hybridized carbons (Fsp3) is 0.318. The summed E-state index contributed by atoms with van der Waals surface area (Å²) in [5, 5.41) is 7.70. The summed E-state index contributed by atoms with van der Waals surface area (Å²) >= 11 is 3.32. The first-order chi connectivity index (χ1) is 14.5. The third-order valence-corrected chi connectivity index (χ3v) is 6.57. The predicted octanol–water partition coefficient (Wildman–Crippen LogP) is 5.85. The van der Waals surface area contributed by atoms with E-state index in [9.17, 15) is 0 Å². The van der Waals surface area contributed by atoms with Gasteiger partial charge in [-0.3, -0.25) is 0 Å². The molecule has 0 saturated heterocycles. The summed E-state index contributed by atoms with van der Waals surface area (Å²) < 4.78 is 6.73. The zero-order valence-electron chi connectivity index (χ0n) is 17.5. The quantitative estimate of drug-likeness (QED) is 0.334. The van der Waals surface area contributed by atoms with E-state index in [0.29, 0.717) is 11.9 Å². The van der Waals surface area contributed by atoms with Gasteiger partial charge in [-0.15, -0.1) is 11.8 Å². The molecule has 30 heavy (non-hydrogen) atoms. The van der Waals surface area contributed by atoms with Crippen LogP contribution in [0.3, 0.4) is 0 Å². The van der Waals surface area contributed by atoms with E-state index in [-0.39, 0.29) is 0 Å². The lowest BCUT2D eigenvalue weighted by molar-refractivity contribution is 0.534. The van der Waals surface area contributed by atoms with Crippen molar-refractivity contribution >= 4 is 44.4 Å². The Kier molecular flexibility index (Phi) is 6.24. The fourth-order valence-electron chi connectivity index (χ4n) is 3.27. The van der Waals surface area contributed by atoms with E-state index in [1.54, 1.807) is 23.1 Å². The van der Waals surface area contributed by atoms with Crippen LogP contribution in [0.15, 0.2) is 46.2 Å². The number of hydrogen-bond donors (Lipinski definition) is 2. The normalized spacial score (nSPS) is 12.3. The van der Waals surface area contributed by atoms with Gasteiger partial charge in [0.2, 0.25) is 5.95 Å². The van der Waals surface area contributed by atoms with Gasteiger partial charge in [0.15, 0.2) is 5.13 Å². The van der Waals surface area contributed by atoms with Crippen molar-refractivity contribution in [2.45, 2.75) is 25.7 Å². The van der Waals surface area contributed by atoms with Crippen LogP contribution in [0, 0.1) is 19.8 Å². The number of rotatable bonds is 8. The van der Waals surface area contributed by atoms with Crippen LogP contribution in [0.5, 0.6) is 0 Å². The summed E-state index contributed by atoms with van der Waals surface area (Å²) in [6, 6.07) is 6.40. The summed E-state index contributed by atoms with van der Waals surface area (Å²) in [7, 11) is 0. The molecule has 0 fully saturated rings. The minimum atomic E-state index is 0.396. The highest BCUT2D eigenvalue weighted by molar-refractivity contribution is 7.98. The van der Waals surface area contributed by atoms with Gasteiger partial charge in [-0.25, -0.2) is 15.0 Å². The molecule has 0 aliphatic heterocycles. The maximum Gasteiger partial charge on any atom is 0.222 e. The lowest BCUT2D eigenvalue weighted by atomic mass is 10.0. The maximum atomic E-state index is 5.56. The van der Waals surface area contributed by atoms with E-state index in [1.165, 1.54) is 15.8 Å². The van der Waals surface area contributed by atoms with Gasteiger partial charge in [0, 0.05) is 35.9 Å². The van der Waals surface area contributed by atoms with Crippen molar-refractivity contribution < 1.29 is 4.42 Å². The Morgan fingerprint density at radius 3 is 2.60 bits per heavy atom. The van der Waals surface area contributed by atoms with Crippen LogP contribution in [-0.4, -0.2) is 34.3 Å². The lowest BCUT2D eigenvalue weighted by Gasteiger charge is -2.13. The molecule has 0 amide bonds. The molecule has 4 aromatic rings. The monoisotopic (exact) mass is 439 g/mol. The summed E-state index contributed by atoms with van der Waals surface area (Å²) in [6.45, 7) is 7.88. The Morgan fingerprint density at radius 2 is 1.90 bits per heavy atom. The largest absolute Gasteiger partial charge is 0.469 e. The molecular formula is C22H25N5OS2. The lowest BCUT2D eigenvalue weighted by Crippen LogP contribution is -2.20. The van der Waals surface area contributed by atoms with Crippen LogP contribution in [0.1, 0.15) is 18.2 Å². The van der Waals surface area contributed by atoms with Gasteiger partial charge in [0.05, 0.1) is 16.5 Å². The first-order valence-corrected chi connectivity index (χ1v) is 11.9. The number of anilines is 2. The number of furan rings is 1. The Balaban J connectivity index is 1.36. The first kappa shape index (κ1) is 20.7. The average Bonchev–Trinajstić information content (AvgIpc) is 3.32. The highest BCUT2D eigenvalue weighted by atomic mass is 32.2. The molecule has 0 radical (unpaired) electrons. The standard InChI is InChI=1S/C22H25N5OS2/c1-13(8-23-21-24-10-17(29-4)11-25-21)9-26-22-27-18-6-5-16(7-19(18)30-22)20-14(2)12-28-15(20)3/h5-7,10-13H,8-9H2,1-4H3,(H,26,27)(H,23,24,25). The van der Waals surface area contributed by atoms with Crippen molar-refractivity contribution in [2.75, 3.05) is 30.0 Å². The van der Waals surface area contributed by atoms with Gasteiger partial charge in [-0.1, -0.05) is 24.3 Å². The number of fused-ring (bicyclic) bond motifs is 1. The van der Waals surface area contributed by atoms with Gasteiger partial charge in [-0.05, 0) is 49.3 Å². The van der Waals surface area contributed by atoms with E-state index in [1.807, 2.05) is 31.8 Å². The maximum absolute atomic E-state index is 5.56. The summed E-state index contributed by atoms with van der Waals surface area (Å²) in [4.78, 5) is 14.4. The molecule has 0 aliphatic rings. The van der Waals surface area contributed by atoms with Crippen LogP contribution in [0.25, 0.3) is 21.3 Å². The molecule has 0 aliphatic carbocycles. The van der Waals surface area contributed by atoms with E-state index in [0.717, 1.165) is 40.0 Å². The van der Waals surface area contributed by atoms with Crippen LogP contribution in [0.2, 0.25) is 0 Å². The van der Waals surface area contributed by atoms with E-state index in [2.05, 4.69) is 52.6 Å². The third kappa shape index (κ3) is 4.60. The van der Waals surface area contributed by atoms with Gasteiger partial charge >= 0.3 is 0 Å². The number of nitrogens with zero attached hydrogens (tertiary/aromatic N) is 3. The number of thioether (sulfide) groups is 1. The smallest absolute Gasteiger partial charge is 0.222 e. The molecule has 0 spiro atoms. The predicted molar refractivity (Wildman–Crippen MR) is 127 cm³/mol. The summed E-state index contributed by atoms with van der Waals surface area (Å²) in [5.41, 5.74) is 4.51. The van der Waals surface area contributed by atoms with Crippen molar-refractivity contribution in [1.82, 2.24) is 15.0 Å². The minimum absolute atomic E-state index is 0.396. The minimum Gasteiger partial charge on any atom is -0.469 e. The molecule has 0 saturated carbocycles. The summed E-state index contributed by atoms with van der Waals surface area (Å²) in [5.74, 6) is 2.01. The molecule has 1 atom stereocenters. The number of aryl methyl sites for hydroxylation is 2. The second-order valence-corrected chi connectivity index (χ2v) is 9.28. The number of hydrogen-bond acceptors (Lipinski definition) is 8. The number of benzene rings is 1. The van der Waals surface area contributed by atoms with Crippen molar-refractivity contribution in [2.24, 2.45) is 5.92 Å². The molecular weight excluding hydrogens is 414 g/mol. The van der Waals surface area contributed by atoms with Crippen molar-refractivity contribution in [3.8, 4) is 11.1 Å². The van der Waals surface area contributed by atoms with Crippen molar-refractivity contribution in [3.63, 3.8) is 0 Å². The number of thiazole rings is 1. The highest BCUT2D eigenvalue weighted by Crippen LogP contribution is 2.34. The molecule has 3 aromatic heterocycles. The van der Waals surface area contributed by atoms with E-state index in [4.69, 9.17) is 9.40 Å². The molecule has 6 nitrogen and oxygen atoms in total. The number of aromatic nitrogens is 3. The molecule has 1 aromatic carbocycles. The van der Waals surface area contributed by atoms with E-state index >= 15 is 0 Å². The second kappa shape index (κ2) is 9.06. The van der Waals surface area contributed by atoms with Gasteiger partial charge < -0.3 is 15.1 Å². The third-order valence-electron chi connectivity index (χ3n) is 4.91. The van der Waals surface area contributed by atoms with Crippen LogP contribution >= 0.6 is 23.1 Å². The zero-order chi connectivity index (χ0) is 21.1. The topological polar surface area (TPSA) is 75.9 Å². The van der Waals surface area contributed by atoms with Crippen molar-refractivity contribution in [3.05, 3.63) is 48.2 Å². The Morgan fingerprint density at radius 1 is 1.13 bits per heavy atom. The molecule has 8 heteroatoms. The van der Waals surface area contributed by atoms with Crippen LogP contribution in [-0.2, 0) is 0 Å². The molecule has 4 rings (SSSR count). The van der Waals surface area contributed by atoms with Gasteiger partial charge in [-0.2, -0.15) is 0 Å². The van der Waals surface area contributed by atoms with Crippen LogP contribution in [0.4, 0.5) is 11.1 Å². The zero-order valence-corrected chi connectivity index (χ0v) is 19.2. The molecule has 156 valence electrons. The van der Waals surface area contributed by atoms with Gasteiger partial charge in [0.1, 0.15) is 5.76 Å². The molecule has 1 unspecified atom stereocenters. The Labute approximate surface area is 184 Å². The van der Waals surface area contributed by atoms with Crippen LogP contribution < -0.4 is 10.6 Å². The first-order valence-electron chi connectivity index (χ1n) is 9.83. The number of nitrogens with one attached hydrogen (secondary N) is 2. The molecule has 3 heterocycles. The summed E-state index contributed by atoms with van der Waals surface area (Å²) in [6.07, 6.45) is 7.50. The van der Waals surface area contributed by atoms with Gasteiger partial charge in [0.25, 0.3) is 0 Å². The highest BCUT2D eigenvalue weighted by Gasteiger charge is 2.12. The second-order valence-electron chi connectivity index (χ2n) is 7.36. The fourth-order valence-corrected chi connectivity index (χ4v) is 4.50. The Bertz CT molecular complexity index is 1120. The molecule has 2 N–H and O–H groups in total. The van der Waals surface area contributed by atoms with E-state index < -0.39 is 0 Å². The molecule has 0 bridgehead atoms. The average molecular weight is 440 g/mol. The van der Waals surface area contributed by atoms with Crippen molar-refractivity contribution in [1.29, 1.82) is 0 Å². The Hall–Kier alpha value is -2.58. The SMILES string of the molecule is CSc1cnc(NCC(C)CNc2nc3ccc(-c4c(C)coc4C)cc3s2)nc1.